The molecule has 3 aromatic rings. The van der Waals surface area contributed by atoms with Gasteiger partial charge in [0.2, 0.25) is 0 Å². The Labute approximate surface area is 156 Å². The van der Waals surface area contributed by atoms with Crippen LogP contribution in [0.4, 0.5) is 10.1 Å². The van der Waals surface area contributed by atoms with E-state index >= 15 is 0 Å². The smallest absolute Gasteiger partial charge is 0.317 e. The minimum Gasteiger partial charge on any atom is -0.452 e. The summed E-state index contributed by atoms with van der Waals surface area (Å²) < 4.78 is 18.0. The Morgan fingerprint density at radius 3 is 2.81 bits per heavy atom. The second kappa shape index (κ2) is 8.24. The molecule has 0 aliphatic rings. The summed E-state index contributed by atoms with van der Waals surface area (Å²) in [5, 5.41) is 6.04. The molecule has 0 bridgehead atoms. The predicted molar refractivity (Wildman–Crippen MR) is 98.7 cm³/mol. The zero-order valence-electron chi connectivity index (χ0n) is 13.6. The molecule has 2 aromatic heterocycles. The number of hydrogen-bond donors (Lipinski definition) is 1. The van der Waals surface area contributed by atoms with Crippen molar-refractivity contribution in [1.29, 1.82) is 0 Å². The van der Waals surface area contributed by atoms with Crippen LogP contribution in [0.5, 0.6) is 0 Å². The van der Waals surface area contributed by atoms with Gasteiger partial charge in [-0.2, -0.15) is 0 Å². The van der Waals surface area contributed by atoms with Crippen LogP contribution in [0, 0.1) is 5.82 Å². The molecule has 0 aliphatic carbocycles. The van der Waals surface area contributed by atoms with Crippen molar-refractivity contribution in [3.8, 4) is 0 Å². The second-order valence-corrected chi connectivity index (χ2v) is 7.09. The molecule has 0 spiro atoms. The van der Waals surface area contributed by atoms with E-state index in [1.54, 1.807) is 0 Å². The molecule has 1 atom stereocenters. The molecule has 9 heteroatoms. The minimum absolute atomic E-state index is 0.0239. The first-order valence-corrected chi connectivity index (χ1v) is 9.46. The molecule has 26 heavy (non-hydrogen) atoms. The lowest BCUT2D eigenvalue weighted by Gasteiger charge is -2.13. The summed E-state index contributed by atoms with van der Waals surface area (Å²) in [6.45, 7) is 1.48. The number of ether oxygens (including phenoxy) is 1. The molecule has 0 fully saturated rings. The van der Waals surface area contributed by atoms with E-state index in [0.717, 1.165) is 10.2 Å². The van der Waals surface area contributed by atoms with Gasteiger partial charge in [-0.1, -0.05) is 11.8 Å². The number of carbonyl (C=O) groups excluding carboxylic acids is 2. The molecule has 134 valence electrons. The van der Waals surface area contributed by atoms with E-state index in [-0.39, 0.29) is 5.75 Å². The lowest BCUT2D eigenvalue weighted by atomic mass is 10.3. The number of nitrogens with zero attached hydrogens (tertiary/aromatic N) is 2. The van der Waals surface area contributed by atoms with E-state index < -0.39 is 23.8 Å². The number of carbonyl (C=O) groups is 2. The number of esters is 1. The van der Waals surface area contributed by atoms with Crippen LogP contribution in [-0.2, 0) is 14.3 Å². The molecule has 0 unspecified atom stereocenters. The van der Waals surface area contributed by atoms with Crippen LogP contribution in [0.25, 0.3) is 10.2 Å². The van der Waals surface area contributed by atoms with Crippen LogP contribution < -0.4 is 5.32 Å². The van der Waals surface area contributed by atoms with Gasteiger partial charge in [-0.05, 0) is 42.6 Å². The molecule has 0 aliphatic heterocycles. The molecule has 0 saturated carbocycles. The summed E-state index contributed by atoms with van der Waals surface area (Å²) in [4.78, 5) is 33.2. The van der Waals surface area contributed by atoms with Crippen molar-refractivity contribution in [2.75, 3.05) is 11.1 Å². The Kier molecular flexibility index (Phi) is 5.79. The molecule has 3 rings (SSSR count). The number of fused-ring (bicyclic) bond motifs is 1. The second-order valence-electron chi connectivity index (χ2n) is 5.24. The van der Waals surface area contributed by atoms with Crippen molar-refractivity contribution < 1.29 is 18.7 Å². The van der Waals surface area contributed by atoms with Gasteiger partial charge in [0, 0.05) is 11.1 Å². The van der Waals surface area contributed by atoms with Crippen LogP contribution in [0.15, 0.2) is 47.1 Å². The third kappa shape index (κ3) is 4.55. The molecule has 2 heterocycles. The molecule has 0 radical (unpaired) electrons. The molecule has 0 saturated heterocycles. The number of hydrogen-bond acceptors (Lipinski definition) is 7. The Balaban J connectivity index is 1.51. The fourth-order valence-corrected chi connectivity index (χ4v) is 3.63. The fraction of sp³-hybridized carbons (Fsp3) is 0.176. The minimum atomic E-state index is -0.972. The van der Waals surface area contributed by atoms with Crippen molar-refractivity contribution in [3.05, 3.63) is 47.9 Å². The number of aromatic nitrogens is 2. The highest BCUT2D eigenvalue weighted by Crippen LogP contribution is 2.27. The number of anilines is 1. The van der Waals surface area contributed by atoms with Gasteiger partial charge in [0.05, 0.1) is 5.75 Å². The third-order valence-electron chi connectivity index (χ3n) is 3.34. The van der Waals surface area contributed by atoms with Crippen molar-refractivity contribution in [1.82, 2.24) is 9.97 Å². The van der Waals surface area contributed by atoms with E-state index in [0.29, 0.717) is 10.7 Å². The number of benzene rings is 1. The van der Waals surface area contributed by atoms with Gasteiger partial charge in [-0.15, -0.1) is 11.3 Å². The number of halogens is 1. The summed E-state index contributed by atoms with van der Waals surface area (Å²) in [6, 6.07) is 7.22. The standard InChI is InChI=1S/C17H14FN3O3S2/c1-10(15(23)21-12-4-2-11(18)3-5-12)24-14(22)8-26-17-13-6-7-25-16(13)19-9-20-17/h2-7,9-10H,8H2,1H3,(H,21,23)/t10-/m0/s1. The Morgan fingerprint density at radius 1 is 1.27 bits per heavy atom. The molecule has 6 nitrogen and oxygen atoms in total. The van der Waals surface area contributed by atoms with Crippen molar-refractivity contribution in [2.24, 2.45) is 0 Å². The lowest BCUT2D eigenvalue weighted by Crippen LogP contribution is -2.30. The van der Waals surface area contributed by atoms with Crippen LogP contribution in [0.2, 0.25) is 0 Å². The van der Waals surface area contributed by atoms with Crippen molar-refractivity contribution >= 4 is 50.9 Å². The van der Waals surface area contributed by atoms with Gasteiger partial charge in [0.25, 0.3) is 5.91 Å². The van der Waals surface area contributed by atoms with E-state index in [2.05, 4.69) is 15.3 Å². The highest BCUT2D eigenvalue weighted by atomic mass is 32.2. The molecule has 1 N–H and O–H groups in total. The van der Waals surface area contributed by atoms with Crippen LogP contribution in [0.1, 0.15) is 6.92 Å². The zero-order chi connectivity index (χ0) is 18.5. The van der Waals surface area contributed by atoms with Crippen LogP contribution in [-0.4, -0.2) is 33.7 Å². The highest BCUT2D eigenvalue weighted by molar-refractivity contribution is 8.00. The van der Waals surface area contributed by atoms with Crippen molar-refractivity contribution in [3.63, 3.8) is 0 Å². The quantitative estimate of drug-likeness (QED) is 0.394. The first kappa shape index (κ1) is 18.3. The maximum absolute atomic E-state index is 12.9. The maximum Gasteiger partial charge on any atom is 0.317 e. The SMILES string of the molecule is C[C@H](OC(=O)CSc1ncnc2sccc12)C(=O)Nc1ccc(F)cc1. The topological polar surface area (TPSA) is 81.2 Å². The summed E-state index contributed by atoms with van der Waals surface area (Å²) in [7, 11) is 0. The maximum atomic E-state index is 12.9. The summed E-state index contributed by atoms with van der Waals surface area (Å²) in [5.41, 5.74) is 0.425. The first-order valence-electron chi connectivity index (χ1n) is 7.60. The summed E-state index contributed by atoms with van der Waals surface area (Å²) >= 11 is 2.72. The van der Waals surface area contributed by atoms with Crippen LogP contribution >= 0.6 is 23.1 Å². The van der Waals surface area contributed by atoms with Crippen LogP contribution in [0.3, 0.4) is 0 Å². The average Bonchev–Trinajstić information content (AvgIpc) is 3.11. The Morgan fingerprint density at radius 2 is 2.04 bits per heavy atom. The largest absolute Gasteiger partial charge is 0.452 e. The molecular weight excluding hydrogens is 377 g/mol. The first-order chi connectivity index (χ1) is 12.5. The van der Waals surface area contributed by atoms with Gasteiger partial charge >= 0.3 is 5.97 Å². The average molecular weight is 391 g/mol. The van der Waals surface area contributed by atoms with Gasteiger partial charge in [0.15, 0.2) is 6.10 Å². The highest BCUT2D eigenvalue weighted by Gasteiger charge is 2.18. The fourth-order valence-electron chi connectivity index (χ4n) is 2.07. The number of amides is 1. The van der Waals surface area contributed by atoms with Crippen molar-refractivity contribution in [2.45, 2.75) is 18.1 Å². The van der Waals surface area contributed by atoms with Gasteiger partial charge < -0.3 is 10.1 Å². The van der Waals surface area contributed by atoms with Gasteiger partial charge in [-0.25, -0.2) is 14.4 Å². The van der Waals surface area contributed by atoms with E-state index in [1.165, 1.54) is 60.6 Å². The number of thioether (sulfide) groups is 1. The number of rotatable bonds is 6. The van der Waals surface area contributed by atoms with Gasteiger partial charge in [0.1, 0.15) is 22.0 Å². The van der Waals surface area contributed by atoms with E-state index in [4.69, 9.17) is 4.74 Å². The Bertz CT molecular complexity index is 930. The monoisotopic (exact) mass is 391 g/mol. The molecule has 1 aromatic carbocycles. The zero-order valence-corrected chi connectivity index (χ0v) is 15.3. The predicted octanol–water partition coefficient (Wildman–Crippen LogP) is 3.49. The number of nitrogens with one attached hydrogen (secondary N) is 1. The van der Waals surface area contributed by atoms with E-state index in [9.17, 15) is 14.0 Å². The normalized spacial score (nSPS) is 11.9. The lowest BCUT2D eigenvalue weighted by molar-refractivity contribution is -0.150. The summed E-state index contributed by atoms with van der Waals surface area (Å²) in [6.07, 6.45) is 0.477. The van der Waals surface area contributed by atoms with Gasteiger partial charge in [-0.3, -0.25) is 9.59 Å². The number of thiophene rings is 1. The molecule has 1 amide bonds. The Hall–Kier alpha value is -2.52. The molecular formula is C17H14FN3O3S2. The van der Waals surface area contributed by atoms with E-state index in [1.807, 2.05) is 11.4 Å². The summed E-state index contributed by atoms with van der Waals surface area (Å²) in [5.74, 6) is -1.39. The third-order valence-corrected chi connectivity index (χ3v) is 5.14.